The summed E-state index contributed by atoms with van der Waals surface area (Å²) in [5.74, 6) is 0.516. The molecule has 8 nitrogen and oxygen atoms in total. The minimum Gasteiger partial charge on any atom is -0.491 e. The second-order valence-electron chi connectivity index (χ2n) is 13.7. The number of fused-ring (bicyclic) bond motifs is 2. The van der Waals surface area contributed by atoms with Crippen molar-refractivity contribution in [3.8, 4) is 5.75 Å². The fourth-order valence-electron chi connectivity index (χ4n) is 7.13. The number of unbranched alkanes of at least 4 members (excludes halogenated alkanes) is 1. The molecular weight excluding hydrogens is 636 g/mol. The number of hydrogen-bond acceptors (Lipinski definition) is 7. The summed E-state index contributed by atoms with van der Waals surface area (Å²) in [6.45, 7) is 10.7. The van der Waals surface area contributed by atoms with Gasteiger partial charge in [-0.15, -0.1) is 0 Å². The minimum atomic E-state index is -3.95. The summed E-state index contributed by atoms with van der Waals surface area (Å²) < 4.78 is 47.5. The monoisotopic (exact) mass is 686 g/mol. The van der Waals surface area contributed by atoms with Crippen molar-refractivity contribution < 1.29 is 27.4 Å². The highest BCUT2D eigenvalue weighted by Gasteiger charge is 2.40. The maximum Gasteiger partial charge on any atom is 0.264 e. The minimum absolute atomic E-state index is 0.0488. The molecule has 258 valence electrons. The van der Waals surface area contributed by atoms with Crippen molar-refractivity contribution in [3.63, 3.8) is 0 Å². The van der Waals surface area contributed by atoms with Gasteiger partial charge < -0.3 is 19.1 Å². The van der Waals surface area contributed by atoms with Crippen LogP contribution >= 0.6 is 11.6 Å². The molecule has 47 heavy (non-hydrogen) atoms. The summed E-state index contributed by atoms with van der Waals surface area (Å²) in [5.41, 5.74) is 3.58. The van der Waals surface area contributed by atoms with Crippen molar-refractivity contribution in [1.82, 2.24) is 4.72 Å². The van der Waals surface area contributed by atoms with E-state index in [2.05, 4.69) is 40.8 Å². The van der Waals surface area contributed by atoms with Crippen molar-refractivity contribution in [2.45, 2.75) is 77.1 Å². The number of hydrogen-bond donors (Lipinski definition) is 1. The molecule has 0 saturated heterocycles. The number of halogens is 1. The van der Waals surface area contributed by atoms with E-state index >= 15 is 0 Å². The van der Waals surface area contributed by atoms with Gasteiger partial charge in [0.05, 0.1) is 36.9 Å². The largest absolute Gasteiger partial charge is 0.491 e. The van der Waals surface area contributed by atoms with E-state index in [1.807, 2.05) is 19.9 Å². The Bertz CT molecular complexity index is 1530. The quantitative estimate of drug-likeness (QED) is 0.236. The number of sulfonamides is 1. The van der Waals surface area contributed by atoms with Gasteiger partial charge in [0.15, 0.2) is 0 Å². The number of rotatable bonds is 8. The number of nitrogens with one attached hydrogen (secondary N) is 1. The molecule has 0 unspecified atom stereocenters. The molecule has 1 amide bonds. The Morgan fingerprint density at radius 2 is 1.85 bits per heavy atom. The first kappa shape index (κ1) is 35.7. The number of ether oxygens (including phenoxy) is 3. The third-order valence-corrected chi connectivity index (χ3v) is 12.7. The van der Waals surface area contributed by atoms with Crippen LogP contribution in [0.4, 0.5) is 5.69 Å². The lowest BCUT2D eigenvalue weighted by molar-refractivity contribution is -0.0309. The summed E-state index contributed by atoms with van der Waals surface area (Å²) in [7, 11) is -2.27. The molecule has 2 heterocycles. The Balaban J connectivity index is 1.55. The Morgan fingerprint density at radius 3 is 2.57 bits per heavy atom. The fraction of sp³-hybridized carbons (Fsp3) is 0.595. The lowest BCUT2D eigenvalue weighted by Crippen LogP contribution is -2.45. The zero-order chi connectivity index (χ0) is 33.7. The molecule has 0 spiro atoms. The third-order valence-electron chi connectivity index (χ3n) is 10.6. The van der Waals surface area contributed by atoms with Gasteiger partial charge in [-0.25, -0.2) is 13.1 Å². The molecule has 7 atom stereocenters. The van der Waals surface area contributed by atoms with Crippen molar-refractivity contribution in [2.24, 2.45) is 23.7 Å². The van der Waals surface area contributed by atoms with Crippen LogP contribution in [-0.2, 0) is 25.9 Å². The van der Waals surface area contributed by atoms with E-state index in [-0.39, 0.29) is 23.9 Å². The Kier molecular flexibility index (Phi) is 12.0. The fourth-order valence-corrected chi connectivity index (χ4v) is 8.70. The number of nitrogens with zero attached hydrogens (tertiary/aromatic N) is 1. The molecule has 1 saturated carbocycles. The van der Waals surface area contributed by atoms with Gasteiger partial charge in [0, 0.05) is 36.7 Å². The molecule has 2 bridgehead atoms. The number of carbonyl (C=O) groups is 1. The lowest BCUT2D eigenvalue weighted by atomic mass is 9.69. The van der Waals surface area contributed by atoms with Crippen LogP contribution < -0.4 is 14.4 Å². The molecule has 10 heteroatoms. The van der Waals surface area contributed by atoms with Gasteiger partial charge in [-0.3, -0.25) is 4.79 Å². The molecule has 2 aromatic rings. The highest BCUT2D eigenvalue weighted by Crippen LogP contribution is 2.43. The van der Waals surface area contributed by atoms with Crippen LogP contribution in [0.1, 0.15) is 80.8 Å². The van der Waals surface area contributed by atoms with Gasteiger partial charge in [0.2, 0.25) is 10.0 Å². The standard InChI is InChI=1S/C37H51ClN2O6S/c1-6-7-8-27-19-31(38)12-14-32(27)30-22-40-21-29-10-13-33(29)35(45-18-17-44-5)15-9-24(2)25(3)26(4)47(42,43)39-37(41)28-11-16-36(46-23-30)34(40)20-28/h9,11-12,14-16,19-20,24-26,29-30,33,35H,6-8,10,13,17-18,21-23H2,1-5H3,(H,39,41)/b15-9+/t24-,25-,26+,29-,30-,33+,35-/m0/s1. The van der Waals surface area contributed by atoms with E-state index in [1.165, 1.54) is 11.1 Å². The molecule has 0 aromatic heterocycles. The third kappa shape index (κ3) is 8.35. The highest BCUT2D eigenvalue weighted by atomic mass is 35.5. The van der Waals surface area contributed by atoms with Gasteiger partial charge in [-0.1, -0.05) is 57.0 Å². The molecule has 3 aliphatic rings. The molecule has 1 fully saturated rings. The normalized spacial score (nSPS) is 29.9. The topological polar surface area (TPSA) is 94.2 Å². The van der Waals surface area contributed by atoms with Crippen LogP contribution in [0.2, 0.25) is 5.02 Å². The SMILES string of the molecule is CCCCc1cc(Cl)ccc1[C@@H]1COc2ccc3cc2N(C1)C[C@@H]1CC[C@H]1[C@@H](OCCOC)/C=C/[C@H](C)[C@H](C)[C@@H](C)S(=O)(=O)NC3=O. The zero-order valence-electron chi connectivity index (χ0n) is 28.4. The summed E-state index contributed by atoms with van der Waals surface area (Å²) in [5, 5.41) is -0.0535. The van der Waals surface area contributed by atoms with E-state index in [1.54, 1.807) is 32.2 Å². The van der Waals surface area contributed by atoms with Gasteiger partial charge >= 0.3 is 0 Å². The average molecular weight is 687 g/mol. The summed E-state index contributed by atoms with van der Waals surface area (Å²) in [4.78, 5) is 15.8. The predicted molar refractivity (Wildman–Crippen MR) is 188 cm³/mol. The molecule has 1 aliphatic carbocycles. The van der Waals surface area contributed by atoms with E-state index < -0.39 is 21.2 Å². The van der Waals surface area contributed by atoms with Gasteiger partial charge in [0.25, 0.3) is 5.91 Å². The maximum absolute atomic E-state index is 13.5. The molecule has 5 rings (SSSR count). The van der Waals surface area contributed by atoms with Gasteiger partial charge in [-0.05, 0) is 97.7 Å². The first-order chi connectivity index (χ1) is 22.5. The van der Waals surface area contributed by atoms with Gasteiger partial charge in [0.1, 0.15) is 5.75 Å². The van der Waals surface area contributed by atoms with Crippen molar-refractivity contribution in [1.29, 1.82) is 0 Å². The number of aryl methyl sites for hydroxylation is 1. The maximum atomic E-state index is 13.5. The van der Waals surface area contributed by atoms with Crippen molar-refractivity contribution >= 4 is 33.2 Å². The summed E-state index contributed by atoms with van der Waals surface area (Å²) in [6, 6.07) is 11.4. The van der Waals surface area contributed by atoms with Crippen LogP contribution in [0, 0.1) is 23.7 Å². The zero-order valence-corrected chi connectivity index (χ0v) is 30.0. The molecular formula is C37H51ClN2O6S. The van der Waals surface area contributed by atoms with E-state index in [4.69, 9.17) is 25.8 Å². The number of allylic oxidation sites excluding steroid dienone is 1. The predicted octanol–water partition coefficient (Wildman–Crippen LogP) is 7.01. The number of anilines is 1. The van der Waals surface area contributed by atoms with Crippen molar-refractivity contribution in [2.75, 3.05) is 44.9 Å². The van der Waals surface area contributed by atoms with Crippen LogP contribution in [0.5, 0.6) is 5.75 Å². The number of methoxy groups -OCH3 is 1. The van der Waals surface area contributed by atoms with Crippen LogP contribution in [0.25, 0.3) is 0 Å². The van der Waals surface area contributed by atoms with Gasteiger partial charge in [-0.2, -0.15) is 0 Å². The van der Waals surface area contributed by atoms with Crippen LogP contribution in [0.3, 0.4) is 0 Å². The summed E-state index contributed by atoms with van der Waals surface area (Å²) in [6.07, 6.45) is 9.34. The lowest BCUT2D eigenvalue weighted by Gasteiger charge is -2.44. The Hall–Kier alpha value is -2.59. The first-order valence-corrected chi connectivity index (χ1v) is 19.1. The van der Waals surface area contributed by atoms with E-state index in [9.17, 15) is 13.2 Å². The van der Waals surface area contributed by atoms with E-state index in [0.717, 1.165) is 49.4 Å². The molecule has 2 aliphatic heterocycles. The number of carbonyl (C=O) groups excluding carboxylic acids is 1. The number of amides is 1. The first-order valence-electron chi connectivity index (χ1n) is 17.2. The average Bonchev–Trinajstić information content (AvgIpc) is 3.22. The summed E-state index contributed by atoms with van der Waals surface area (Å²) >= 11 is 6.47. The molecule has 2 aromatic carbocycles. The second kappa shape index (κ2) is 15.7. The smallest absolute Gasteiger partial charge is 0.264 e. The van der Waals surface area contributed by atoms with Crippen molar-refractivity contribution in [3.05, 3.63) is 70.3 Å². The van der Waals surface area contributed by atoms with Crippen LogP contribution in [0.15, 0.2) is 48.6 Å². The van der Waals surface area contributed by atoms with E-state index in [0.29, 0.717) is 49.5 Å². The number of benzene rings is 2. The highest BCUT2D eigenvalue weighted by molar-refractivity contribution is 7.90. The second-order valence-corrected chi connectivity index (χ2v) is 16.1. The molecule has 0 radical (unpaired) electrons. The van der Waals surface area contributed by atoms with Crippen LogP contribution in [-0.4, -0.2) is 65.7 Å². The molecule has 1 N–H and O–H groups in total. The Labute approximate surface area is 286 Å². The Morgan fingerprint density at radius 1 is 1.04 bits per heavy atom.